The molecule has 1 aliphatic heterocycles. The number of amides is 2. The molecule has 2 heterocycles. The van der Waals surface area contributed by atoms with Gasteiger partial charge in [-0.05, 0) is 28.7 Å². The highest BCUT2D eigenvalue weighted by atomic mass is 32.2. The third-order valence-electron chi connectivity index (χ3n) is 4.70. The molecule has 1 aliphatic rings. The molecule has 1 aromatic carbocycles. The lowest BCUT2D eigenvalue weighted by Gasteiger charge is -2.37. The van der Waals surface area contributed by atoms with Crippen molar-refractivity contribution in [3.63, 3.8) is 0 Å². The molecule has 30 heavy (non-hydrogen) atoms. The van der Waals surface area contributed by atoms with E-state index in [0.717, 1.165) is 22.9 Å². The molecule has 11 heteroatoms. The molecule has 0 saturated carbocycles. The maximum Gasteiger partial charge on any atom is 0.410 e. The Morgan fingerprint density at radius 2 is 1.83 bits per heavy atom. The highest BCUT2D eigenvalue weighted by molar-refractivity contribution is 7.83. The minimum absolute atomic E-state index is 0.0130. The molecule has 1 saturated heterocycles. The molecular formula is C19H25FN5O4S+. The molecule has 1 fully saturated rings. The number of hydrogen-bond acceptors (Lipinski definition) is 5. The van der Waals surface area contributed by atoms with Crippen molar-refractivity contribution < 1.29 is 26.5 Å². The summed E-state index contributed by atoms with van der Waals surface area (Å²) in [6, 6.07) is 6.34. The van der Waals surface area contributed by atoms with Crippen LogP contribution in [-0.4, -0.2) is 55.0 Å². The van der Waals surface area contributed by atoms with E-state index in [1.54, 1.807) is 18.3 Å². The minimum Gasteiger partial charge on any atom is -0.307 e. The number of carbonyl (C=O) groups excluding carboxylic acids is 1. The molecule has 2 aromatic rings. The van der Waals surface area contributed by atoms with Crippen LogP contribution in [0.4, 0.5) is 20.6 Å². The lowest BCUT2D eigenvalue weighted by Crippen LogP contribution is -2.61. The Labute approximate surface area is 175 Å². The van der Waals surface area contributed by atoms with E-state index in [0.29, 0.717) is 18.5 Å². The van der Waals surface area contributed by atoms with Gasteiger partial charge in [-0.3, -0.25) is 9.82 Å². The van der Waals surface area contributed by atoms with Crippen molar-refractivity contribution in [2.75, 3.05) is 37.8 Å². The number of hydrogen-bond donors (Lipinski definition) is 2. The SMILES string of the molecule is CN(C)S(=O)(=O)[N+]1(Oc2cc(F)cc(NC(=O)Nc3cccnc3)c2)CCCCC1. The van der Waals surface area contributed by atoms with Crippen LogP contribution in [0, 0.1) is 5.82 Å². The Hall–Kier alpha value is -2.76. The molecule has 2 N–H and O–H groups in total. The fourth-order valence-electron chi connectivity index (χ4n) is 3.27. The zero-order chi connectivity index (χ0) is 21.8. The molecule has 162 valence electrons. The number of pyridine rings is 1. The standard InChI is InChI=1S/C19H24FN5O4S/c1-24(2)30(27,28)25(9-4-3-5-10-25)29-18-12-15(20)11-17(13-18)23-19(26)22-16-7-6-8-21-14-16/h6-8,11-14H,3-5,9-10H2,1-2H3,(H-,22,23,26)/p+1. The lowest BCUT2D eigenvalue weighted by molar-refractivity contribution is -0.980. The average Bonchev–Trinajstić information content (AvgIpc) is 2.68. The average molecular weight is 439 g/mol. The van der Waals surface area contributed by atoms with E-state index in [2.05, 4.69) is 15.6 Å². The van der Waals surface area contributed by atoms with E-state index >= 15 is 0 Å². The fourth-order valence-corrected chi connectivity index (χ4v) is 4.77. The van der Waals surface area contributed by atoms with Gasteiger partial charge < -0.3 is 10.6 Å². The van der Waals surface area contributed by atoms with E-state index in [9.17, 15) is 17.6 Å². The molecule has 0 aliphatic carbocycles. The summed E-state index contributed by atoms with van der Waals surface area (Å²) in [6.45, 7) is 0.503. The van der Waals surface area contributed by atoms with Crippen molar-refractivity contribution in [3.8, 4) is 5.75 Å². The van der Waals surface area contributed by atoms with Gasteiger partial charge in [0.2, 0.25) is 0 Å². The third-order valence-corrected chi connectivity index (χ3v) is 6.90. The van der Waals surface area contributed by atoms with E-state index in [1.165, 1.54) is 26.4 Å². The summed E-state index contributed by atoms with van der Waals surface area (Å²) in [5.74, 6) is -0.652. The first-order chi connectivity index (χ1) is 14.2. The number of anilines is 2. The largest absolute Gasteiger partial charge is 0.410 e. The normalized spacial score (nSPS) is 16.1. The summed E-state index contributed by atoms with van der Waals surface area (Å²) in [6.07, 6.45) is 5.27. The maximum absolute atomic E-state index is 14.2. The fraction of sp³-hybridized carbons (Fsp3) is 0.368. The number of nitrogens with zero attached hydrogens (tertiary/aromatic N) is 3. The highest BCUT2D eigenvalue weighted by Gasteiger charge is 2.48. The Morgan fingerprint density at radius 3 is 2.47 bits per heavy atom. The molecule has 0 bridgehead atoms. The minimum atomic E-state index is -3.83. The summed E-state index contributed by atoms with van der Waals surface area (Å²) in [7, 11) is -0.951. The first-order valence-corrected chi connectivity index (χ1v) is 10.9. The van der Waals surface area contributed by atoms with E-state index in [-0.39, 0.29) is 24.5 Å². The molecule has 0 unspecified atom stereocenters. The van der Waals surface area contributed by atoms with Gasteiger partial charge in [0.15, 0.2) is 5.75 Å². The van der Waals surface area contributed by atoms with Gasteiger partial charge in [-0.1, -0.05) is 0 Å². The second kappa shape index (κ2) is 8.94. The molecule has 0 atom stereocenters. The Morgan fingerprint density at radius 1 is 1.13 bits per heavy atom. The smallest absolute Gasteiger partial charge is 0.307 e. The molecule has 9 nitrogen and oxygen atoms in total. The van der Waals surface area contributed by atoms with E-state index in [4.69, 9.17) is 4.84 Å². The molecule has 1 aromatic heterocycles. The number of urea groups is 1. The van der Waals surface area contributed by atoms with Gasteiger partial charge in [-0.15, -0.1) is 0 Å². The van der Waals surface area contributed by atoms with Gasteiger partial charge in [0.1, 0.15) is 18.9 Å². The number of quaternary nitrogens is 1. The zero-order valence-corrected chi connectivity index (χ0v) is 17.7. The van der Waals surface area contributed by atoms with Crippen molar-refractivity contribution in [2.45, 2.75) is 19.3 Å². The monoisotopic (exact) mass is 438 g/mol. The van der Waals surface area contributed by atoms with Crippen LogP contribution in [0.2, 0.25) is 0 Å². The number of rotatable bonds is 6. The van der Waals surface area contributed by atoms with Crippen LogP contribution in [0.5, 0.6) is 5.75 Å². The van der Waals surface area contributed by atoms with Gasteiger partial charge in [0, 0.05) is 51.0 Å². The summed E-state index contributed by atoms with van der Waals surface area (Å²) >= 11 is 0. The Bertz CT molecular complexity index is 995. The van der Waals surface area contributed by atoms with Gasteiger partial charge in [0.25, 0.3) is 0 Å². The summed E-state index contributed by atoms with van der Waals surface area (Å²) in [4.78, 5) is 22.0. The predicted molar refractivity (Wildman–Crippen MR) is 110 cm³/mol. The van der Waals surface area contributed by atoms with Gasteiger partial charge in [0.05, 0.1) is 11.9 Å². The third kappa shape index (κ3) is 4.86. The topological polar surface area (TPSA) is 101 Å². The van der Waals surface area contributed by atoms with Crippen molar-refractivity contribution in [3.05, 3.63) is 48.5 Å². The quantitative estimate of drug-likeness (QED) is 0.676. The Balaban J connectivity index is 1.82. The number of carbonyl (C=O) groups is 1. The summed E-state index contributed by atoms with van der Waals surface area (Å²) in [5, 5.41) is 5.09. The number of aromatic nitrogens is 1. The first kappa shape index (κ1) is 21.9. The van der Waals surface area contributed by atoms with Crippen LogP contribution in [0.25, 0.3) is 0 Å². The summed E-state index contributed by atoms with van der Waals surface area (Å²) < 4.78 is 40.6. The zero-order valence-electron chi connectivity index (χ0n) is 16.8. The second-order valence-corrected chi connectivity index (χ2v) is 9.46. The van der Waals surface area contributed by atoms with Gasteiger partial charge >= 0.3 is 16.2 Å². The van der Waals surface area contributed by atoms with Crippen LogP contribution in [0.3, 0.4) is 0 Å². The maximum atomic E-state index is 14.2. The van der Waals surface area contributed by atoms with Crippen LogP contribution in [0.1, 0.15) is 19.3 Å². The van der Waals surface area contributed by atoms with Crippen molar-refractivity contribution >= 4 is 27.6 Å². The number of hydroxylamine groups is 2. The van der Waals surface area contributed by atoms with Crippen LogP contribution < -0.4 is 15.5 Å². The molecule has 0 radical (unpaired) electrons. The Kier molecular flexibility index (Phi) is 6.54. The molecule has 0 spiro atoms. The van der Waals surface area contributed by atoms with Gasteiger partial charge in [-0.25, -0.2) is 9.18 Å². The molecule has 2 amide bonds. The van der Waals surface area contributed by atoms with Gasteiger partial charge in [-0.2, -0.15) is 12.7 Å². The number of benzene rings is 1. The first-order valence-electron chi connectivity index (χ1n) is 9.50. The molecule has 3 rings (SSSR count). The van der Waals surface area contributed by atoms with Crippen LogP contribution >= 0.6 is 0 Å². The lowest BCUT2D eigenvalue weighted by atomic mass is 10.2. The number of nitrogens with one attached hydrogen (secondary N) is 2. The van der Waals surface area contributed by atoms with E-state index in [1.807, 2.05) is 0 Å². The van der Waals surface area contributed by atoms with Crippen molar-refractivity contribution in [1.82, 2.24) is 9.29 Å². The van der Waals surface area contributed by atoms with Crippen molar-refractivity contribution in [1.29, 1.82) is 0 Å². The molecular weight excluding hydrogens is 413 g/mol. The van der Waals surface area contributed by atoms with Crippen LogP contribution in [0.15, 0.2) is 42.7 Å². The number of halogens is 1. The second-order valence-electron chi connectivity index (χ2n) is 7.17. The highest BCUT2D eigenvalue weighted by Crippen LogP contribution is 2.30. The predicted octanol–water partition coefficient (Wildman–Crippen LogP) is 2.97. The van der Waals surface area contributed by atoms with E-state index < -0.39 is 26.1 Å². The number of piperidine rings is 1. The van der Waals surface area contributed by atoms with Crippen LogP contribution in [-0.2, 0) is 10.2 Å². The van der Waals surface area contributed by atoms with Crippen molar-refractivity contribution in [2.24, 2.45) is 0 Å². The summed E-state index contributed by atoms with van der Waals surface area (Å²) in [5.41, 5.74) is 0.599.